The van der Waals surface area contributed by atoms with Crippen LogP contribution in [0.1, 0.15) is 12.5 Å². The summed E-state index contributed by atoms with van der Waals surface area (Å²) in [6, 6.07) is 5.37. The van der Waals surface area contributed by atoms with Crippen molar-refractivity contribution in [1.29, 1.82) is 0 Å². The van der Waals surface area contributed by atoms with Crippen LogP contribution in [0.25, 0.3) is 6.08 Å². The number of halogens is 1. The monoisotopic (exact) mass is 318 g/mol. The minimum Gasteiger partial charge on any atom is -0.219 e. The van der Waals surface area contributed by atoms with Crippen molar-refractivity contribution in [3.05, 3.63) is 33.1 Å². The smallest absolute Gasteiger partial charge is 0.204 e. The highest BCUT2D eigenvalue weighted by atomic mass is 79.9. The highest BCUT2D eigenvalue weighted by molar-refractivity contribution is 9.10. The second kappa shape index (κ2) is 4.55. The molecule has 0 saturated carbocycles. The number of fused-ring (bicyclic) bond motifs is 1. The molecule has 0 spiro atoms. The lowest BCUT2D eigenvalue weighted by atomic mass is 10.2. The highest BCUT2D eigenvalue weighted by Gasteiger charge is 2.29. The Morgan fingerprint density at radius 1 is 1.38 bits per heavy atom. The number of hydrogen-bond acceptors (Lipinski definition) is 3. The van der Waals surface area contributed by atoms with Gasteiger partial charge in [0.25, 0.3) is 0 Å². The van der Waals surface area contributed by atoms with E-state index in [1.54, 1.807) is 23.9 Å². The van der Waals surface area contributed by atoms with Crippen LogP contribution in [0.2, 0.25) is 0 Å². The average molecular weight is 319 g/mol. The SMILES string of the molecule is CCSCC1=Cc2ccc(Br)cc2S1(=O)=O. The zero-order valence-electron chi connectivity index (χ0n) is 8.73. The molecule has 0 bridgehead atoms. The third kappa shape index (κ3) is 2.08. The molecule has 0 fully saturated rings. The van der Waals surface area contributed by atoms with E-state index in [1.165, 1.54) is 0 Å². The van der Waals surface area contributed by atoms with Gasteiger partial charge in [0, 0.05) is 10.2 Å². The van der Waals surface area contributed by atoms with E-state index in [0.717, 1.165) is 15.8 Å². The number of thioether (sulfide) groups is 1. The molecule has 16 heavy (non-hydrogen) atoms. The fourth-order valence-electron chi connectivity index (χ4n) is 1.57. The van der Waals surface area contributed by atoms with E-state index in [0.29, 0.717) is 15.6 Å². The van der Waals surface area contributed by atoms with Crippen LogP contribution in [-0.2, 0) is 9.84 Å². The summed E-state index contributed by atoms with van der Waals surface area (Å²) in [4.78, 5) is 0.945. The maximum atomic E-state index is 12.1. The van der Waals surface area contributed by atoms with Gasteiger partial charge in [0.15, 0.2) is 0 Å². The Kier molecular flexibility index (Phi) is 3.47. The fraction of sp³-hybridized carbons (Fsp3) is 0.273. The first-order chi connectivity index (χ1) is 7.55. The van der Waals surface area contributed by atoms with Crippen molar-refractivity contribution in [2.24, 2.45) is 0 Å². The Morgan fingerprint density at radius 2 is 2.12 bits per heavy atom. The molecule has 1 aliphatic heterocycles. The van der Waals surface area contributed by atoms with Crippen LogP contribution in [0.4, 0.5) is 0 Å². The minimum absolute atomic E-state index is 0.425. The van der Waals surface area contributed by atoms with Crippen molar-refractivity contribution in [3.63, 3.8) is 0 Å². The van der Waals surface area contributed by atoms with Crippen molar-refractivity contribution in [1.82, 2.24) is 0 Å². The second-order valence-electron chi connectivity index (χ2n) is 3.43. The summed E-state index contributed by atoms with van der Waals surface area (Å²) in [5.74, 6) is 1.48. The summed E-state index contributed by atoms with van der Waals surface area (Å²) in [5.41, 5.74) is 0.801. The first-order valence-corrected chi connectivity index (χ1v) is 8.31. The lowest BCUT2D eigenvalue weighted by Gasteiger charge is -2.02. The summed E-state index contributed by atoms with van der Waals surface area (Å²) < 4.78 is 25.1. The number of rotatable bonds is 3. The summed E-state index contributed by atoms with van der Waals surface area (Å²) in [6.07, 6.45) is 1.78. The van der Waals surface area contributed by atoms with E-state index >= 15 is 0 Å². The van der Waals surface area contributed by atoms with Crippen LogP contribution in [0.3, 0.4) is 0 Å². The van der Waals surface area contributed by atoms with Crippen molar-refractivity contribution in [3.8, 4) is 0 Å². The lowest BCUT2D eigenvalue weighted by Crippen LogP contribution is -2.02. The Labute approximate surface area is 108 Å². The normalized spacial score (nSPS) is 17.0. The Balaban J connectivity index is 2.44. The van der Waals surface area contributed by atoms with E-state index in [4.69, 9.17) is 0 Å². The Morgan fingerprint density at radius 3 is 2.81 bits per heavy atom. The van der Waals surface area contributed by atoms with Gasteiger partial charge in [-0.15, -0.1) is 0 Å². The van der Waals surface area contributed by atoms with Crippen LogP contribution >= 0.6 is 27.7 Å². The predicted molar refractivity (Wildman–Crippen MR) is 72.3 cm³/mol. The molecule has 1 aromatic rings. The molecule has 0 radical (unpaired) electrons. The van der Waals surface area contributed by atoms with E-state index in [1.807, 2.05) is 19.1 Å². The molecular weight excluding hydrogens is 308 g/mol. The maximum absolute atomic E-state index is 12.1. The van der Waals surface area contributed by atoms with Crippen molar-refractivity contribution < 1.29 is 8.42 Å². The summed E-state index contributed by atoms with van der Waals surface area (Å²) in [5, 5.41) is 0. The molecule has 0 aromatic heterocycles. The molecule has 0 amide bonds. The first-order valence-electron chi connectivity index (χ1n) is 4.88. The minimum atomic E-state index is -3.23. The standard InChI is InChI=1S/C11H11BrO2S2/c1-2-15-7-10-5-8-3-4-9(12)6-11(8)16(10,13)14/h3-6H,2,7H2,1H3. The highest BCUT2D eigenvalue weighted by Crippen LogP contribution is 2.35. The zero-order chi connectivity index (χ0) is 11.8. The predicted octanol–water partition coefficient (Wildman–Crippen LogP) is 3.33. The molecule has 1 heterocycles. The van der Waals surface area contributed by atoms with Gasteiger partial charge in [0.05, 0.1) is 9.80 Å². The van der Waals surface area contributed by atoms with E-state index in [-0.39, 0.29) is 0 Å². The van der Waals surface area contributed by atoms with Gasteiger partial charge in [-0.2, -0.15) is 11.8 Å². The van der Waals surface area contributed by atoms with E-state index < -0.39 is 9.84 Å². The largest absolute Gasteiger partial charge is 0.219 e. The first kappa shape index (κ1) is 12.2. The summed E-state index contributed by atoms with van der Waals surface area (Å²) in [7, 11) is -3.23. The van der Waals surface area contributed by atoms with Crippen molar-refractivity contribution >= 4 is 43.6 Å². The van der Waals surface area contributed by atoms with Crippen LogP contribution in [0, 0.1) is 0 Å². The molecule has 0 atom stereocenters. The molecule has 2 nitrogen and oxygen atoms in total. The molecule has 0 N–H and O–H groups in total. The van der Waals surface area contributed by atoms with Gasteiger partial charge in [-0.1, -0.05) is 28.9 Å². The number of sulfone groups is 1. The van der Waals surface area contributed by atoms with Crippen LogP contribution in [0.15, 0.2) is 32.5 Å². The van der Waals surface area contributed by atoms with Gasteiger partial charge in [-0.05, 0) is 29.5 Å². The summed E-state index contributed by atoms with van der Waals surface area (Å²) in [6.45, 7) is 2.02. The van der Waals surface area contributed by atoms with Gasteiger partial charge in [0.1, 0.15) is 0 Å². The molecule has 5 heteroatoms. The zero-order valence-corrected chi connectivity index (χ0v) is 12.0. The van der Waals surface area contributed by atoms with Gasteiger partial charge in [0.2, 0.25) is 9.84 Å². The molecule has 1 aliphatic rings. The second-order valence-corrected chi connectivity index (χ2v) is 7.59. The molecule has 0 saturated heterocycles. The third-order valence-corrected chi connectivity index (χ3v) is 5.86. The van der Waals surface area contributed by atoms with Crippen LogP contribution < -0.4 is 0 Å². The van der Waals surface area contributed by atoms with E-state index in [2.05, 4.69) is 15.9 Å². The third-order valence-electron chi connectivity index (χ3n) is 2.38. The van der Waals surface area contributed by atoms with Gasteiger partial charge >= 0.3 is 0 Å². The summed E-state index contributed by atoms with van der Waals surface area (Å²) >= 11 is 4.92. The van der Waals surface area contributed by atoms with Crippen LogP contribution in [0.5, 0.6) is 0 Å². The number of benzene rings is 1. The van der Waals surface area contributed by atoms with Crippen molar-refractivity contribution in [2.75, 3.05) is 11.5 Å². The molecular formula is C11H11BrO2S2. The fourth-order valence-corrected chi connectivity index (χ4v) is 4.73. The topological polar surface area (TPSA) is 34.1 Å². The van der Waals surface area contributed by atoms with Gasteiger partial charge in [-0.25, -0.2) is 8.42 Å². The maximum Gasteiger partial charge on any atom is 0.204 e. The average Bonchev–Trinajstić information content (AvgIpc) is 2.48. The molecule has 2 rings (SSSR count). The van der Waals surface area contributed by atoms with E-state index in [9.17, 15) is 8.42 Å². The molecule has 0 unspecified atom stereocenters. The molecule has 0 aliphatic carbocycles. The quantitative estimate of drug-likeness (QED) is 0.857. The molecule has 1 aromatic carbocycles. The van der Waals surface area contributed by atoms with Crippen LogP contribution in [-0.4, -0.2) is 19.9 Å². The molecule has 86 valence electrons. The Hall–Kier alpha value is -0.260. The van der Waals surface area contributed by atoms with Gasteiger partial charge in [-0.3, -0.25) is 0 Å². The van der Waals surface area contributed by atoms with Gasteiger partial charge < -0.3 is 0 Å². The number of hydrogen-bond donors (Lipinski definition) is 0. The Bertz CT molecular complexity index is 547. The van der Waals surface area contributed by atoms with Crippen molar-refractivity contribution in [2.45, 2.75) is 11.8 Å². The lowest BCUT2D eigenvalue weighted by molar-refractivity contribution is 0.603.